The number of nitrogens with zero attached hydrogens (tertiary/aromatic N) is 2. The average Bonchev–Trinajstić information content (AvgIpc) is 3.26. The van der Waals surface area contributed by atoms with Crippen LogP contribution < -0.4 is 5.14 Å². The van der Waals surface area contributed by atoms with Crippen molar-refractivity contribution in [1.29, 1.82) is 0 Å². The first-order chi connectivity index (χ1) is 15.6. The van der Waals surface area contributed by atoms with Crippen LogP contribution in [0.15, 0.2) is 76.8 Å². The van der Waals surface area contributed by atoms with Gasteiger partial charge in [0.05, 0.1) is 15.6 Å². The molecule has 172 valence electrons. The minimum Gasteiger partial charge on any atom is -0.263 e. The number of rotatable bonds is 6. The van der Waals surface area contributed by atoms with Gasteiger partial charge in [0.25, 0.3) is 0 Å². The topological polar surface area (TPSA) is 68.9 Å². The number of aryl methyl sites for hydroxylation is 1. The predicted molar refractivity (Wildman–Crippen MR) is 131 cm³/mol. The highest BCUT2D eigenvalue weighted by molar-refractivity contribution is 8.18. The first-order valence-electron chi connectivity index (χ1n) is 10.6. The fraction of sp³-hybridized carbons (Fsp3) is 0.200. The van der Waals surface area contributed by atoms with Crippen molar-refractivity contribution in [2.75, 3.05) is 0 Å². The molecule has 0 spiro atoms. The molecule has 0 unspecified atom stereocenters. The van der Waals surface area contributed by atoms with E-state index in [-0.39, 0.29) is 5.03 Å². The lowest BCUT2D eigenvalue weighted by Crippen LogP contribution is -2.51. The van der Waals surface area contributed by atoms with Crippen LogP contribution in [0.1, 0.15) is 25.8 Å². The van der Waals surface area contributed by atoms with Crippen LogP contribution in [0.5, 0.6) is 0 Å². The number of hydrogen-bond acceptors (Lipinski definition) is 4. The Balaban J connectivity index is 1.93. The summed E-state index contributed by atoms with van der Waals surface area (Å²) >= 11 is 1.45. The van der Waals surface area contributed by atoms with Gasteiger partial charge >= 0.3 is 0 Å². The quantitative estimate of drug-likeness (QED) is 0.352. The van der Waals surface area contributed by atoms with Gasteiger partial charge in [0.15, 0.2) is 11.6 Å². The number of aromatic nitrogens is 2. The lowest BCUT2D eigenvalue weighted by Gasteiger charge is -2.41. The average molecular weight is 486 g/mol. The second-order valence-electron chi connectivity index (χ2n) is 8.08. The second-order valence-corrected chi connectivity index (χ2v) is 13.1. The fourth-order valence-corrected chi connectivity index (χ4v) is 7.32. The van der Waals surface area contributed by atoms with E-state index in [0.717, 1.165) is 27.6 Å². The molecule has 2 heterocycles. The molecule has 0 aliphatic rings. The Morgan fingerprint density at radius 1 is 1.00 bits per heavy atom. The van der Waals surface area contributed by atoms with Gasteiger partial charge in [-0.05, 0) is 54.4 Å². The number of hydrogen-bond donors (Lipinski definition) is 1. The van der Waals surface area contributed by atoms with Crippen LogP contribution in [-0.2, 0) is 15.7 Å². The molecule has 2 aromatic heterocycles. The molecule has 0 saturated carbocycles. The van der Waals surface area contributed by atoms with Crippen molar-refractivity contribution in [3.63, 3.8) is 0 Å². The van der Waals surface area contributed by atoms with E-state index in [1.807, 2.05) is 26.8 Å². The molecule has 0 saturated heterocycles. The van der Waals surface area contributed by atoms with Crippen molar-refractivity contribution in [3.8, 4) is 21.7 Å². The van der Waals surface area contributed by atoms with Gasteiger partial charge in [0.1, 0.15) is 5.03 Å². The molecule has 2 aromatic carbocycles. The van der Waals surface area contributed by atoms with Gasteiger partial charge in [0.2, 0.25) is 0 Å². The lowest BCUT2D eigenvalue weighted by molar-refractivity contribution is 0.509. The smallest absolute Gasteiger partial charge is 0.159 e. The third kappa shape index (κ3) is 3.92. The van der Waals surface area contributed by atoms with E-state index in [1.165, 1.54) is 17.4 Å². The molecular weight excluding hydrogens is 460 g/mol. The molecular formula is C25H25F2N3OS2. The summed E-state index contributed by atoms with van der Waals surface area (Å²) in [6.45, 7) is 5.63. The Kier molecular flexibility index (Phi) is 6.03. The van der Waals surface area contributed by atoms with Crippen LogP contribution in [0, 0.1) is 11.6 Å². The molecule has 0 aliphatic heterocycles. The minimum atomic E-state index is -4.03. The predicted octanol–water partition coefficient (Wildman–Crippen LogP) is 6.23. The van der Waals surface area contributed by atoms with Crippen molar-refractivity contribution in [1.82, 2.24) is 9.97 Å². The zero-order chi connectivity index (χ0) is 23.8. The molecule has 0 radical (unpaired) electrons. The maximum absolute atomic E-state index is 14.6. The zero-order valence-corrected chi connectivity index (χ0v) is 20.2. The van der Waals surface area contributed by atoms with Crippen LogP contribution in [0.25, 0.3) is 21.7 Å². The summed E-state index contributed by atoms with van der Waals surface area (Å²) in [5.74, 6) is -1.85. The molecule has 0 aliphatic carbocycles. The van der Waals surface area contributed by atoms with Crippen molar-refractivity contribution in [2.45, 2.75) is 42.4 Å². The number of thiazole rings is 1. The van der Waals surface area contributed by atoms with Gasteiger partial charge in [-0.2, -0.15) is 0 Å². The van der Waals surface area contributed by atoms with Crippen molar-refractivity contribution in [2.24, 2.45) is 5.14 Å². The summed E-state index contributed by atoms with van der Waals surface area (Å²) in [5, 5.41) is 7.50. The Bertz CT molecular complexity index is 1390. The molecule has 0 atom stereocenters. The standard InChI is InChI=1S/C25H25F2N3OS2/c1-4-22-30-24(17-10-11-20(26)21(27)14-17)25(32-22)18-12-13-29-23(15-18)33(28,31,16(2)3)19-8-6-5-7-9-19/h5-16H,4H2,1-3H3,(H2,28,31). The number of halogens is 2. The third-order valence-electron chi connectivity index (χ3n) is 5.76. The van der Waals surface area contributed by atoms with E-state index in [4.69, 9.17) is 5.14 Å². The number of pyridine rings is 1. The van der Waals surface area contributed by atoms with Crippen LogP contribution >= 0.6 is 11.3 Å². The van der Waals surface area contributed by atoms with E-state index < -0.39 is 26.1 Å². The van der Waals surface area contributed by atoms with Gasteiger partial charge in [-0.25, -0.2) is 18.7 Å². The van der Waals surface area contributed by atoms with E-state index in [1.54, 1.807) is 42.6 Å². The third-order valence-corrected chi connectivity index (χ3v) is 11.2. The molecule has 0 fully saturated rings. The number of benzene rings is 2. The molecule has 4 nitrogen and oxygen atoms in total. The van der Waals surface area contributed by atoms with Gasteiger partial charge in [0, 0.05) is 31.2 Å². The van der Waals surface area contributed by atoms with Gasteiger partial charge in [-0.1, -0.05) is 39.0 Å². The molecule has 33 heavy (non-hydrogen) atoms. The van der Waals surface area contributed by atoms with Crippen LogP contribution in [0.3, 0.4) is 0 Å². The first kappa shape index (κ1) is 23.4. The van der Waals surface area contributed by atoms with E-state index in [0.29, 0.717) is 22.6 Å². The summed E-state index contributed by atoms with van der Waals surface area (Å²) in [7, 11) is -4.03. The summed E-state index contributed by atoms with van der Waals surface area (Å²) in [6, 6.07) is 16.2. The van der Waals surface area contributed by atoms with Crippen LogP contribution in [-0.4, -0.2) is 19.4 Å². The molecule has 0 amide bonds. The fourth-order valence-electron chi connectivity index (χ4n) is 3.67. The summed E-state index contributed by atoms with van der Waals surface area (Å²) in [6.07, 6.45) is 2.27. The number of nitrogens with two attached hydrogens (primary N) is 1. The maximum atomic E-state index is 14.6. The van der Waals surface area contributed by atoms with Crippen molar-refractivity contribution >= 4 is 20.6 Å². The highest BCUT2D eigenvalue weighted by Crippen LogP contribution is 2.44. The molecule has 2 N–H and O–H groups in total. The summed E-state index contributed by atoms with van der Waals surface area (Å²) in [5.41, 5.74) is 1.73. The Morgan fingerprint density at radius 3 is 2.36 bits per heavy atom. The highest BCUT2D eigenvalue weighted by Gasteiger charge is 2.41. The maximum Gasteiger partial charge on any atom is 0.159 e. The summed E-state index contributed by atoms with van der Waals surface area (Å²) < 4.78 is 42.1. The van der Waals surface area contributed by atoms with Gasteiger partial charge < -0.3 is 0 Å². The Hall–Kier alpha value is -2.81. The van der Waals surface area contributed by atoms with E-state index >= 15 is 0 Å². The van der Waals surface area contributed by atoms with Crippen LogP contribution in [0.4, 0.5) is 8.78 Å². The molecule has 4 rings (SSSR count). The van der Waals surface area contributed by atoms with Gasteiger partial charge in [-0.15, -0.1) is 11.3 Å². The Labute approximate surface area is 196 Å². The molecule has 4 aromatic rings. The first-order valence-corrected chi connectivity index (χ1v) is 13.5. The van der Waals surface area contributed by atoms with Gasteiger partial charge in [-0.3, -0.25) is 9.35 Å². The highest BCUT2D eigenvalue weighted by atomic mass is 32.3. The normalized spacial score (nSPS) is 13.1. The largest absolute Gasteiger partial charge is 0.263 e. The van der Waals surface area contributed by atoms with Crippen LogP contribution in [0.2, 0.25) is 0 Å². The van der Waals surface area contributed by atoms with Crippen molar-refractivity contribution < 1.29 is 13.0 Å². The Morgan fingerprint density at radius 2 is 1.73 bits per heavy atom. The monoisotopic (exact) mass is 485 g/mol. The second kappa shape index (κ2) is 8.52. The van der Waals surface area contributed by atoms with E-state index in [2.05, 4.69) is 9.97 Å². The lowest BCUT2D eigenvalue weighted by atomic mass is 10.1. The zero-order valence-electron chi connectivity index (χ0n) is 18.6. The van der Waals surface area contributed by atoms with E-state index in [9.17, 15) is 13.0 Å². The SMILES string of the molecule is CCc1nc(-c2ccc(F)c(F)c2)c(-c2ccnc(S(N)(=O)(c3ccccc3)C(C)C)c2)s1. The van der Waals surface area contributed by atoms with Crippen molar-refractivity contribution in [3.05, 3.63) is 83.5 Å². The molecule has 8 heteroatoms. The molecule has 0 bridgehead atoms. The summed E-state index contributed by atoms with van der Waals surface area (Å²) in [4.78, 5) is 10.4. The minimum absolute atomic E-state index is 0.286.